The topological polar surface area (TPSA) is 40.5 Å². The van der Waals surface area contributed by atoms with Gasteiger partial charge >= 0.3 is 0 Å². The predicted octanol–water partition coefficient (Wildman–Crippen LogP) is 0.620. The number of benzene rings is 1. The number of phenols is 2. The molecule has 0 fully saturated rings. The molecular formula is C9H9BO2. The second-order valence-electron chi connectivity index (χ2n) is 2.49. The van der Waals surface area contributed by atoms with Gasteiger partial charge < -0.3 is 10.2 Å². The van der Waals surface area contributed by atoms with E-state index in [1.54, 1.807) is 6.08 Å². The van der Waals surface area contributed by atoms with E-state index in [4.69, 9.17) is 7.85 Å². The quantitative estimate of drug-likeness (QED) is 0.491. The molecule has 0 heterocycles. The van der Waals surface area contributed by atoms with Gasteiger partial charge in [-0.2, -0.15) is 0 Å². The van der Waals surface area contributed by atoms with Crippen molar-refractivity contribution in [3.63, 3.8) is 0 Å². The second kappa shape index (κ2) is 3.35. The summed E-state index contributed by atoms with van der Waals surface area (Å²) in [5.74, 6) is -0.0171. The lowest BCUT2D eigenvalue weighted by atomic mass is 9.91. The Bertz CT molecular complexity index is 308. The van der Waals surface area contributed by atoms with Crippen LogP contribution < -0.4 is 5.46 Å². The summed E-state index contributed by atoms with van der Waals surface area (Å²) in [7, 11) is 5.42. The van der Waals surface area contributed by atoms with Crippen LogP contribution in [0.4, 0.5) is 0 Å². The molecule has 0 saturated heterocycles. The monoisotopic (exact) mass is 160 g/mol. The van der Waals surface area contributed by atoms with Crippen LogP contribution in [0.25, 0.3) is 0 Å². The SMILES string of the molecule is [B]c1ccc(O)c(CC=C)c1O. The fourth-order valence-electron chi connectivity index (χ4n) is 0.989. The predicted molar refractivity (Wildman–Crippen MR) is 49.1 cm³/mol. The van der Waals surface area contributed by atoms with Crippen molar-refractivity contribution in [3.8, 4) is 11.5 Å². The summed E-state index contributed by atoms with van der Waals surface area (Å²) in [6.45, 7) is 3.50. The minimum atomic E-state index is -0.0603. The lowest BCUT2D eigenvalue weighted by molar-refractivity contribution is 0.443. The highest BCUT2D eigenvalue weighted by Gasteiger charge is 2.06. The van der Waals surface area contributed by atoms with Gasteiger partial charge in [-0.1, -0.05) is 17.6 Å². The van der Waals surface area contributed by atoms with Gasteiger partial charge in [0.05, 0.1) is 0 Å². The van der Waals surface area contributed by atoms with Crippen LogP contribution in [0.1, 0.15) is 5.56 Å². The van der Waals surface area contributed by atoms with E-state index in [-0.39, 0.29) is 17.0 Å². The van der Waals surface area contributed by atoms with Crippen molar-refractivity contribution in [1.29, 1.82) is 0 Å². The van der Waals surface area contributed by atoms with E-state index in [1.807, 2.05) is 0 Å². The minimum Gasteiger partial charge on any atom is -0.508 e. The molecule has 0 aliphatic rings. The van der Waals surface area contributed by atoms with Gasteiger partial charge in [0.1, 0.15) is 19.3 Å². The molecule has 0 atom stereocenters. The molecule has 2 radical (unpaired) electrons. The normalized spacial score (nSPS) is 9.67. The van der Waals surface area contributed by atoms with Gasteiger partial charge in [-0.25, -0.2) is 0 Å². The third kappa shape index (κ3) is 1.45. The molecule has 0 amide bonds. The highest BCUT2D eigenvalue weighted by atomic mass is 16.3. The fraction of sp³-hybridized carbons (Fsp3) is 0.111. The van der Waals surface area contributed by atoms with Crippen LogP contribution in [0.2, 0.25) is 0 Å². The van der Waals surface area contributed by atoms with Crippen LogP contribution in [0, 0.1) is 0 Å². The molecule has 0 saturated carbocycles. The highest BCUT2D eigenvalue weighted by molar-refractivity contribution is 6.34. The van der Waals surface area contributed by atoms with Gasteiger partial charge in [-0.15, -0.1) is 6.58 Å². The van der Waals surface area contributed by atoms with Crippen LogP contribution >= 0.6 is 0 Å². The number of hydrogen-bond acceptors (Lipinski definition) is 2. The first-order chi connectivity index (χ1) is 5.66. The Morgan fingerprint density at radius 3 is 2.67 bits per heavy atom. The molecule has 1 aromatic carbocycles. The molecule has 0 aliphatic carbocycles. The van der Waals surface area contributed by atoms with E-state index in [0.717, 1.165) is 0 Å². The first-order valence-corrected chi connectivity index (χ1v) is 3.57. The molecule has 2 N–H and O–H groups in total. The zero-order chi connectivity index (χ0) is 9.14. The fourth-order valence-corrected chi connectivity index (χ4v) is 0.989. The molecule has 60 valence electrons. The number of phenolic OH excluding ortho intramolecular Hbond substituents is 2. The van der Waals surface area contributed by atoms with Crippen molar-refractivity contribution in [3.05, 3.63) is 30.4 Å². The molecular weight excluding hydrogens is 151 g/mol. The summed E-state index contributed by atoms with van der Waals surface area (Å²) in [4.78, 5) is 0. The molecule has 2 nitrogen and oxygen atoms in total. The van der Waals surface area contributed by atoms with Crippen molar-refractivity contribution >= 4 is 13.3 Å². The Morgan fingerprint density at radius 2 is 2.08 bits per heavy atom. The number of rotatable bonds is 2. The van der Waals surface area contributed by atoms with Crippen LogP contribution in [-0.2, 0) is 6.42 Å². The van der Waals surface area contributed by atoms with E-state index in [2.05, 4.69) is 6.58 Å². The molecule has 0 unspecified atom stereocenters. The summed E-state index contributed by atoms with van der Waals surface area (Å²) in [5.41, 5.74) is 0.689. The van der Waals surface area contributed by atoms with Crippen molar-refractivity contribution in [1.82, 2.24) is 0 Å². The molecule has 0 aliphatic heterocycles. The van der Waals surface area contributed by atoms with E-state index in [0.29, 0.717) is 12.0 Å². The highest BCUT2D eigenvalue weighted by Crippen LogP contribution is 2.24. The first-order valence-electron chi connectivity index (χ1n) is 3.57. The molecule has 12 heavy (non-hydrogen) atoms. The maximum Gasteiger partial charge on any atom is 0.122 e. The summed E-state index contributed by atoms with van der Waals surface area (Å²) in [5, 5.41) is 18.7. The average molecular weight is 160 g/mol. The largest absolute Gasteiger partial charge is 0.508 e. The van der Waals surface area contributed by atoms with Gasteiger partial charge in [-0.3, -0.25) is 0 Å². The second-order valence-corrected chi connectivity index (χ2v) is 2.49. The van der Waals surface area contributed by atoms with Crippen molar-refractivity contribution in [2.75, 3.05) is 0 Å². The van der Waals surface area contributed by atoms with Crippen LogP contribution in [0.15, 0.2) is 24.8 Å². The van der Waals surface area contributed by atoms with Crippen molar-refractivity contribution in [2.24, 2.45) is 0 Å². The number of aromatic hydroxyl groups is 2. The minimum absolute atomic E-state index is 0.0431. The van der Waals surface area contributed by atoms with Crippen molar-refractivity contribution < 1.29 is 10.2 Å². The van der Waals surface area contributed by atoms with E-state index < -0.39 is 0 Å². The number of hydrogen-bond donors (Lipinski definition) is 2. The van der Waals surface area contributed by atoms with Crippen molar-refractivity contribution in [2.45, 2.75) is 6.42 Å². The molecule has 1 aromatic rings. The zero-order valence-electron chi connectivity index (χ0n) is 6.62. The molecule has 3 heteroatoms. The lowest BCUT2D eigenvalue weighted by Gasteiger charge is -2.07. The van der Waals surface area contributed by atoms with E-state index in [1.165, 1.54) is 12.1 Å². The average Bonchev–Trinajstić information content (AvgIpc) is 2.06. The maximum absolute atomic E-state index is 9.38. The van der Waals surface area contributed by atoms with Gasteiger partial charge in [0, 0.05) is 5.56 Å². The Hall–Kier alpha value is -1.38. The zero-order valence-corrected chi connectivity index (χ0v) is 6.62. The van der Waals surface area contributed by atoms with E-state index in [9.17, 15) is 10.2 Å². The first kappa shape index (κ1) is 8.72. The standard InChI is InChI=1S/C9H9BO2/c1-2-3-6-8(11)5-4-7(10)9(6)12/h2,4-5,11-12H,1,3H2. The Morgan fingerprint density at radius 1 is 1.42 bits per heavy atom. The summed E-state index contributed by atoms with van der Waals surface area (Å²) in [6.07, 6.45) is 2.00. The van der Waals surface area contributed by atoms with Crippen LogP contribution in [0.3, 0.4) is 0 Å². The third-order valence-corrected chi connectivity index (χ3v) is 1.64. The number of allylic oxidation sites excluding steroid dienone is 1. The third-order valence-electron chi connectivity index (χ3n) is 1.64. The van der Waals surface area contributed by atoms with E-state index >= 15 is 0 Å². The Kier molecular flexibility index (Phi) is 2.43. The smallest absolute Gasteiger partial charge is 0.122 e. The summed E-state index contributed by atoms with van der Waals surface area (Å²) in [6, 6.07) is 2.91. The lowest BCUT2D eigenvalue weighted by Crippen LogP contribution is -2.04. The molecule has 0 bridgehead atoms. The Balaban J connectivity index is 3.22. The van der Waals surface area contributed by atoms with Gasteiger partial charge in [0.15, 0.2) is 0 Å². The van der Waals surface area contributed by atoms with Gasteiger partial charge in [0.2, 0.25) is 0 Å². The van der Waals surface area contributed by atoms with Gasteiger partial charge in [-0.05, 0) is 12.5 Å². The molecule has 1 rings (SSSR count). The maximum atomic E-state index is 9.38. The summed E-state index contributed by atoms with van der Waals surface area (Å²) < 4.78 is 0. The summed E-state index contributed by atoms with van der Waals surface area (Å²) >= 11 is 0. The Labute approximate surface area is 72.6 Å². The van der Waals surface area contributed by atoms with Gasteiger partial charge in [0.25, 0.3) is 0 Å². The molecule has 0 aromatic heterocycles. The van der Waals surface area contributed by atoms with Crippen LogP contribution in [-0.4, -0.2) is 18.1 Å². The molecule has 0 spiro atoms. The van der Waals surface area contributed by atoms with Crippen LogP contribution in [0.5, 0.6) is 11.5 Å².